The zero-order valence-corrected chi connectivity index (χ0v) is 16.5. The fourth-order valence-corrected chi connectivity index (χ4v) is 7.45. The second kappa shape index (κ2) is 6.69. The Hall–Kier alpha value is -1.76. The highest BCUT2D eigenvalue weighted by molar-refractivity contribution is 5.96. The smallest absolute Gasteiger partial charge is 0.330 e. The summed E-state index contributed by atoms with van der Waals surface area (Å²) in [5, 5.41) is 8.10. The number of fused-ring (bicyclic) bond motifs is 5. The number of carbonyl (C=O) groups is 1. The summed E-state index contributed by atoms with van der Waals surface area (Å²) >= 11 is 0. The van der Waals surface area contributed by atoms with E-state index in [2.05, 4.69) is 29.3 Å². The van der Waals surface area contributed by atoms with Crippen LogP contribution in [0.3, 0.4) is 0 Å². The molecule has 0 heterocycles. The van der Waals surface area contributed by atoms with Crippen molar-refractivity contribution >= 4 is 11.7 Å². The first-order chi connectivity index (χ1) is 13.5. The van der Waals surface area contributed by atoms with Crippen LogP contribution in [-0.4, -0.2) is 22.5 Å². The SMILES string of the molecule is [2H]ON=C1C=C2CC[C@@H]3[C@H](CC[C@@]4(CC)[C@H]3CC[C@]4(C#C)OC(C)=O)[C@H]2CC1. The lowest BCUT2D eigenvalue weighted by Gasteiger charge is -2.56. The first-order valence-electron chi connectivity index (χ1n) is 11.0. The monoisotopic (exact) mass is 370 g/mol. The number of oxime groups is 1. The van der Waals surface area contributed by atoms with Gasteiger partial charge in [-0.15, -0.1) is 6.42 Å². The van der Waals surface area contributed by atoms with Crippen LogP contribution in [0.2, 0.25) is 1.43 Å². The van der Waals surface area contributed by atoms with Gasteiger partial charge in [-0.2, -0.15) is 0 Å². The molecule has 27 heavy (non-hydrogen) atoms. The second-order valence-electron chi connectivity index (χ2n) is 9.07. The van der Waals surface area contributed by atoms with Gasteiger partial charge < -0.3 is 9.95 Å². The van der Waals surface area contributed by atoms with Crippen LogP contribution < -0.4 is 0 Å². The fraction of sp³-hybridized carbons (Fsp3) is 0.739. The van der Waals surface area contributed by atoms with E-state index in [-0.39, 0.29) is 11.4 Å². The molecular weight excluding hydrogens is 338 g/mol. The first kappa shape index (κ1) is 17.3. The average Bonchev–Trinajstić information content (AvgIpc) is 3.02. The van der Waals surface area contributed by atoms with Gasteiger partial charge in [-0.3, -0.25) is 4.79 Å². The van der Waals surface area contributed by atoms with Gasteiger partial charge in [0.1, 0.15) is 0 Å². The van der Waals surface area contributed by atoms with Crippen molar-refractivity contribution in [1.82, 2.24) is 0 Å². The van der Waals surface area contributed by atoms with Crippen molar-refractivity contribution < 1.29 is 16.2 Å². The molecule has 146 valence electrons. The van der Waals surface area contributed by atoms with Crippen molar-refractivity contribution in [2.45, 2.75) is 77.2 Å². The molecule has 4 aliphatic carbocycles. The topological polar surface area (TPSA) is 58.9 Å². The van der Waals surface area contributed by atoms with Crippen molar-refractivity contribution in [1.29, 1.82) is 0 Å². The standard InChI is InChI=1S/C23H31NO3/c1-4-22-12-10-19-18-9-7-17(24-26)14-16(18)6-8-20(19)21(22)11-13-23(22,5-2)27-15(3)25/h2,14,18-21,26H,4,6-13H2,1,3H3/t18-,19+,20+,21-,22-,23-/m0/s1/i/hD. The zero-order valence-electron chi connectivity index (χ0n) is 17.5. The van der Waals surface area contributed by atoms with Crippen LogP contribution in [-0.2, 0) is 9.53 Å². The molecule has 3 fully saturated rings. The van der Waals surface area contributed by atoms with E-state index in [0.29, 0.717) is 23.7 Å². The van der Waals surface area contributed by atoms with E-state index in [1.807, 2.05) is 0 Å². The maximum atomic E-state index is 11.9. The van der Waals surface area contributed by atoms with E-state index in [9.17, 15) is 4.79 Å². The number of carbonyl (C=O) groups excluding carboxylic acids is 1. The van der Waals surface area contributed by atoms with Crippen LogP contribution in [0.4, 0.5) is 0 Å². The number of hydrogen-bond donors (Lipinski definition) is 1. The number of rotatable bonds is 3. The number of ether oxygens (including phenoxy) is 1. The summed E-state index contributed by atoms with van der Waals surface area (Å²) in [6.45, 7) is 3.72. The molecule has 0 amide bonds. The highest BCUT2D eigenvalue weighted by atomic mass is 16.6. The number of nitrogens with zero attached hydrogens (tertiary/aromatic N) is 1. The lowest BCUT2D eigenvalue weighted by Crippen LogP contribution is -2.55. The summed E-state index contributed by atoms with van der Waals surface area (Å²) in [6.07, 6.45) is 17.5. The molecule has 0 aromatic rings. The summed E-state index contributed by atoms with van der Waals surface area (Å²) < 4.78 is 12.8. The second-order valence-corrected chi connectivity index (χ2v) is 9.07. The highest BCUT2D eigenvalue weighted by Gasteiger charge is 2.65. The van der Waals surface area contributed by atoms with Crippen molar-refractivity contribution in [2.75, 3.05) is 0 Å². The van der Waals surface area contributed by atoms with E-state index in [1.54, 1.807) is 0 Å². The van der Waals surface area contributed by atoms with Gasteiger partial charge in [-0.05, 0) is 87.5 Å². The maximum Gasteiger partial charge on any atom is 0.330 e. The Labute approximate surface area is 163 Å². The Morgan fingerprint density at radius 1 is 1.37 bits per heavy atom. The highest BCUT2D eigenvalue weighted by Crippen LogP contribution is 2.67. The van der Waals surface area contributed by atoms with Crippen LogP contribution in [0.1, 0.15) is 71.6 Å². The minimum Gasteiger partial charge on any atom is -0.445 e. The molecular formula is C23H31NO3. The van der Waals surface area contributed by atoms with Gasteiger partial charge in [-0.1, -0.05) is 23.6 Å². The molecule has 0 radical (unpaired) electrons. The molecule has 0 aromatic carbocycles. The fourth-order valence-electron chi connectivity index (χ4n) is 7.45. The molecule has 0 unspecified atom stereocenters. The molecule has 1 N–H and O–H groups in total. The van der Waals surface area contributed by atoms with Crippen molar-refractivity contribution in [2.24, 2.45) is 34.2 Å². The molecule has 4 aliphatic rings. The number of hydrogen-bond acceptors (Lipinski definition) is 4. The molecule has 0 spiro atoms. The van der Waals surface area contributed by atoms with Crippen LogP contribution in [0.5, 0.6) is 0 Å². The van der Waals surface area contributed by atoms with E-state index < -0.39 is 5.60 Å². The quantitative estimate of drug-likeness (QED) is 0.339. The van der Waals surface area contributed by atoms with E-state index in [0.717, 1.165) is 57.1 Å². The number of allylic oxidation sites excluding steroid dienone is 2. The molecule has 0 saturated heterocycles. The van der Waals surface area contributed by atoms with Crippen LogP contribution in [0.25, 0.3) is 0 Å². The predicted octanol–water partition coefficient (Wildman–Crippen LogP) is 4.71. The van der Waals surface area contributed by atoms with Crippen molar-refractivity contribution in [3.05, 3.63) is 11.6 Å². The Morgan fingerprint density at radius 2 is 2.22 bits per heavy atom. The van der Waals surface area contributed by atoms with Gasteiger partial charge in [0.25, 0.3) is 0 Å². The molecule has 6 atom stereocenters. The van der Waals surface area contributed by atoms with Crippen LogP contribution in [0.15, 0.2) is 16.8 Å². The van der Waals surface area contributed by atoms with Crippen molar-refractivity contribution in [3.63, 3.8) is 0 Å². The number of terminal acetylenes is 1. The average molecular weight is 371 g/mol. The van der Waals surface area contributed by atoms with Crippen LogP contribution >= 0.6 is 0 Å². The Morgan fingerprint density at radius 3 is 2.93 bits per heavy atom. The molecule has 0 bridgehead atoms. The third-order valence-corrected chi connectivity index (χ3v) is 8.43. The van der Waals surface area contributed by atoms with Gasteiger partial charge in [0.05, 0.1) is 5.71 Å². The maximum absolute atomic E-state index is 11.9. The third kappa shape index (κ3) is 2.57. The van der Waals surface area contributed by atoms with Gasteiger partial charge >= 0.3 is 7.40 Å². The molecule has 3 saturated carbocycles. The Kier molecular flexibility index (Phi) is 4.30. The van der Waals surface area contributed by atoms with Gasteiger partial charge in [-0.25, -0.2) is 0 Å². The summed E-state index contributed by atoms with van der Waals surface area (Å²) in [5.41, 5.74) is 1.60. The zero-order chi connectivity index (χ0) is 19.9. The van der Waals surface area contributed by atoms with Crippen molar-refractivity contribution in [3.8, 4) is 12.3 Å². The lowest BCUT2D eigenvalue weighted by molar-refractivity contribution is -0.170. The summed E-state index contributed by atoms with van der Waals surface area (Å²) in [4.78, 5) is 11.9. The summed E-state index contributed by atoms with van der Waals surface area (Å²) in [6, 6.07) is 0. The predicted molar refractivity (Wildman–Crippen MR) is 104 cm³/mol. The lowest BCUT2D eigenvalue weighted by atomic mass is 9.49. The largest absolute Gasteiger partial charge is 0.445 e. The summed E-state index contributed by atoms with van der Waals surface area (Å²) in [7, 11) is 0. The Bertz CT molecular complexity index is 753. The van der Waals surface area contributed by atoms with E-state index >= 15 is 0 Å². The minimum atomic E-state index is -0.725. The molecule has 0 aromatic heterocycles. The van der Waals surface area contributed by atoms with E-state index in [4.69, 9.17) is 12.6 Å². The van der Waals surface area contributed by atoms with Crippen LogP contribution in [0, 0.1) is 41.4 Å². The molecule has 4 nitrogen and oxygen atoms in total. The minimum absolute atomic E-state index is 0.0733. The first-order valence-corrected chi connectivity index (χ1v) is 10.6. The van der Waals surface area contributed by atoms with Gasteiger partial charge in [0.2, 0.25) is 0 Å². The molecule has 0 aliphatic heterocycles. The normalized spacial score (nSPS) is 44.9. The third-order valence-electron chi connectivity index (χ3n) is 8.43. The van der Waals surface area contributed by atoms with Gasteiger partial charge in [0, 0.05) is 12.3 Å². The van der Waals surface area contributed by atoms with E-state index in [1.165, 1.54) is 18.9 Å². The number of esters is 1. The molecule has 4 rings (SSSR count). The Balaban J connectivity index is 1.64. The summed E-state index contributed by atoms with van der Waals surface area (Å²) in [5.74, 6) is 5.23. The van der Waals surface area contributed by atoms with Gasteiger partial charge in [0.15, 0.2) is 5.60 Å². The molecule has 4 heteroatoms.